The van der Waals surface area contributed by atoms with Crippen molar-refractivity contribution in [2.24, 2.45) is 0 Å². The van der Waals surface area contributed by atoms with E-state index in [1.807, 2.05) is 0 Å². The number of anilines is 1. The van der Waals surface area contributed by atoms with Crippen LogP contribution in [0.4, 0.5) is 10.3 Å². The predicted molar refractivity (Wildman–Crippen MR) is 129 cm³/mol. The summed E-state index contributed by atoms with van der Waals surface area (Å²) in [5.74, 6) is 1.53. The van der Waals surface area contributed by atoms with Crippen molar-refractivity contribution in [3.63, 3.8) is 0 Å². The van der Waals surface area contributed by atoms with Crippen LogP contribution in [-0.2, 0) is 16.4 Å². The molecule has 4 rings (SSSR count). The summed E-state index contributed by atoms with van der Waals surface area (Å²) in [7, 11) is -1.06. The first-order chi connectivity index (χ1) is 17.3. The molecule has 0 aliphatic rings. The van der Waals surface area contributed by atoms with Crippen molar-refractivity contribution in [2.45, 2.75) is 31.9 Å². The van der Waals surface area contributed by atoms with Gasteiger partial charge in [0.2, 0.25) is 21.8 Å². The van der Waals surface area contributed by atoms with Crippen LogP contribution in [0.1, 0.15) is 24.9 Å². The lowest BCUT2D eigenvalue weighted by Gasteiger charge is -2.19. The SMILES string of the molecule is CC[C@@H](Cc1ncc(F)cn1)S(=O)(=O)Nc1nnc(-c2ccc(C)o2)n1-c1c(OC)cccc1OC. The maximum atomic E-state index is 13.4. The van der Waals surface area contributed by atoms with E-state index in [-0.39, 0.29) is 30.4 Å². The molecule has 0 aliphatic carbocycles. The standard InChI is InChI=1S/C23H25FN6O5S/c1-5-16(11-20-25-12-15(24)13-26-20)36(31,32)29-23-28-27-22(19-10-9-14(2)35-19)30(23)21-17(33-3)7-6-8-18(21)34-4/h6-10,12-13,16H,5,11H2,1-4H3,(H,28,29)/t16-/m0/s1. The van der Waals surface area contributed by atoms with Crippen LogP contribution < -0.4 is 14.2 Å². The largest absolute Gasteiger partial charge is 0.494 e. The van der Waals surface area contributed by atoms with Gasteiger partial charge in [0.25, 0.3) is 0 Å². The van der Waals surface area contributed by atoms with Gasteiger partial charge in [0.05, 0.1) is 31.9 Å². The summed E-state index contributed by atoms with van der Waals surface area (Å²) >= 11 is 0. The Morgan fingerprint density at radius 2 is 1.75 bits per heavy atom. The van der Waals surface area contributed by atoms with E-state index in [2.05, 4.69) is 24.9 Å². The molecule has 0 radical (unpaired) electrons. The monoisotopic (exact) mass is 516 g/mol. The zero-order chi connectivity index (χ0) is 25.9. The molecule has 190 valence electrons. The fraction of sp³-hybridized carbons (Fsp3) is 0.304. The molecule has 11 nitrogen and oxygen atoms in total. The fourth-order valence-electron chi connectivity index (χ4n) is 3.66. The number of halogens is 1. The molecule has 1 atom stereocenters. The van der Waals surface area contributed by atoms with Crippen molar-refractivity contribution in [1.29, 1.82) is 0 Å². The number of para-hydroxylation sites is 1. The van der Waals surface area contributed by atoms with E-state index in [0.29, 0.717) is 28.7 Å². The number of aryl methyl sites for hydroxylation is 1. The number of benzene rings is 1. The van der Waals surface area contributed by atoms with Crippen molar-refractivity contribution in [3.8, 4) is 28.8 Å². The maximum absolute atomic E-state index is 13.4. The van der Waals surface area contributed by atoms with Crippen LogP contribution in [0, 0.1) is 12.7 Å². The van der Waals surface area contributed by atoms with Gasteiger partial charge in [-0.1, -0.05) is 13.0 Å². The smallest absolute Gasteiger partial charge is 0.243 e. The van der Waals surface area contributed by atoms with Crippen molar-refractivity contribution < 1.29 is 26.7 Å². The van der Waals surface area contributed by atoms with Crippen molar-refractivity contribution >= 4 is 16.0 Å². The van der Waals surface area contributed by atoms with Crippen LogP contribution in [0.5, 0.6) is 11.5 Å². The van der Waals surface area contributed by atoms with Gasteiger partial charge < -0.3 is 13.9 Å². The average Bonchev–Trinajstić information content (AvgIpc) is 3.48. The molecular formula is C23H25FN6O5S. The third-order valence-electron chi connectivity index (χ3n) is 5.46. The van der Waals surface area contributed by atoms with Crippen molar-refractivity contribution in [3.05, 3.63) is 60.1 Å². The first-order valence-electron chi connectivity index (χ1n) is 11.0. The molecule has 1 N–H and O–H groups in total. The number of methoxy groups -OCH3 is 2. The lowest BCUT2D eigenvalue weighted by atomic mass is 10.2. The molecule has 36 heavy (non-hydrogen) atoms. The Morgan fingerprint density at radius 1 is 1.08 bits per heavy atom. The van der Waals surface area contributed by atoms with E-state index < -0.39 is 21.1 Å². The number of rotatable bonds is 10. The summed E-state index contributed by atoms with van der Waals surface area (Å²) < 4.78 is 60.9. The highest BCUT2D eigenvalue weighted by atomic mass is 32.2. The second-order valence-electron chi connectivity index (χ2n) is 7.80. The highest BCUT2D eigenvalue weighted by Gasteiger charge is 2.30. The van der Waals surface area contributed by atoms with E-state index in [1.54, 1.807) is 44.2 Å². The Balaban J connectivity index is 1.81. The average molecular weight is 517 g/mol. The number of sulfonamides is 1. The van der Waals surface area contributed by atoms with Gasteiger partial charge in [-0.15, -0.1) is 10.2 Å². The first-order valence-corrected chi connectivity index (χ1v) is 12.5. The summed E-state index contributed by atoms with van der Waals surface area (Å²) in [6.07, 6.45) is 2.21. The summed E-state index contributed by atoms with van der Waals surface area (Å²) in [4.78, 5) is 7.77. The van der Waals surface area contributed by atoms with E-state index >= 15 is 0 Å². The summed E-state index contributed by atoms with van der Waals surface area (Å²) in [6, 6.07) is 8.61. The van der Waals surface area contributed by atoms with Crippen LogP contribution in [0.25, 0.3) is 17.3 Å². The molecule has 3 aromatic heterocycles. The van der Waals surface area contributed by atoms with Gasteiger partial charge in [-0.05, 0) is 37.6 Å². The van der Waals surface area contributed by atoms with Gasteiger partial charge in [-0.25, -0.2) is 22.8 Å². The van der Waals surface area contributed by atoms with Gasteiger partial charge >= 0.3 is 0 Å². The third kappa shape index (κ3) is 5.00. The fourth-order valence-corrected chi connectivity index (χ4v) is 5.02. The number of nitrogens with one attached hydrogen (secondary N) is 1. The molecule has 3 heterocycles. The summed E-state index contributed by atoms with van der Waals surface area (Å²) in [5, 5.41) is 7.40. The Hall–Kier alpha value is -4.00. The molecule has 0 spiro atoms. The molecule has 0 fully saturated rings. The Kier molecular flexibility index (Phi) is 7.20. The van der Waals surface area contributed by atoms with Gasteiger partial charge in [-0.3, -0.25) is 9.29 Å². The van der Waals surface area contributed by atoms with Crippen molar-refractivity contribution in [2.75, 3.05) is 18.9 Å². The minimum absolute atomic E-state index is 0.0253. The minimum atomic E-state index is -4.03. The highest BCUT2D eigenvalue weighted by Crippen LogP contribution is 2.38. The number of aromatic nitrogens is 5. The zero-order valence-corrected chi connectivity index (χ0v) is 20.9. The first kappa shape index (κ1) is 25.1. The van der Waals surface area contributed by atoms with Crippen LogP contribution >= 0.6 is 0 Å². The Morgan fingerprint density at radius 3 is 2.31 bits per heavy atom. The van der Waals surface area contributed by atoms with Crippen molar-refractivity contribution in [1.82, 2.24) is 24.7 Å². The molecule has 0 saturated heterocycles. The van der Waals surface area contributed by atoms with Gasteiger partial charge in [0, 0.05) is 6.42 Å². The van der Waals surface area contributed by atoms with Crippen LogP contribution in [0.2, 0.25) is 0 Å². The summed E-state index contributed by atoms with van der Waals surface area (Å²) in [5.41, 5.74) is 0.379. The second-order valence-corrected chi connectivity index (χ2v) is 9.76. The molecule has 0 unspecified atom stereocenters. The second kappa shape index (κ2) is 10.3. The van der Waals surface area contributed by atoms with Gasteiger partial charge in [0.15, 0.2) is 11.6 Å². The predicted octanol–water partition coefficient (Wildman–Crippen LogP) is 3.55. The molecule has 1 aromatic carbocycles. The highest BCUT2D eigenvalue weighted by molar-refractivity contribution is 7.93. The van der Waals surface area contributed by atoms with E-state index in [9.17, 15) is 12.8 Å². The lowest BCUT2D eigenvalue weighted by Crippen LogP contribution is -2.31. The molecule has 13 heteroatoms. The van der Waals surface area contributed by atoms with E-state index in [0.717, 1.165) is 12.4 Å². The molecule has 0 saturated carbocycles. The quantitative estimate of drug-likeness (QED) is 0.336. The number of hydrogen-bond donors (Lipinski definition) is 1. The van der Waals surface area contributed by atoms with Gasteiger partial charge in [-0.2, -0.15) is 0 Å². The van der Waals surface area contributed by atoms with Crippen LogP contribution in [0.3, 0.4) is 0 Å². The Bertz CT molecular complexity index is 1430. The normalized spacial score (nSPS) is 12.4. The molecule has 0 bridgehead atoms. The van der Waals surface area contributed by atoms with Crippen LogP contribution in [-0.4, -0.2) is 52.6 Å². The molecule has 0 aliphatic heterocycles. The minimum Gasteiger partial charge on any atom is -0.494 e. The van der Waals surface area contributed by atoms with Gasteiger partial charge in [0.1, 0.15) is 28.8 Å². The molecule has 0 amide bonds. The molecular weight excluding hydrogens is 491 g/mol. The zero-order valence-electron chi connectivity index (χ0n) is 20.1. The maximum Gasteiger partial charge on any atom is 0.243 e. The number of ether oxygens (including phenoxy) is 2. The molecule has 4 aromatic rings. The van der Waals surface area contributed by atoms with E-state index in [4.69, 9.17) is 13.9 Å². The number of hydrogen-bond acceptors (Lipinski definition) is 9. The lowest BCUT2D eigenvalue weighted by molar-refractivity contribution is 0.391. The topological polar surface area (TPSA) is 134 Å². The third-order valence-corrected chi connectivity index (χ3v) is 7.31. The number of furan rings is 1. The van der Waals surface area contributed by atoms with E-state index in [1.165, 1.54) is 18.8 Å². The number of nitrogens with zero attached hydrogens (tertiary/aromatic N) is 5. The Labute approximate surface area is 207 Å². The van der Waals surface area contributed by atoms with Crippen LogP contribution in [0.15, 0.2) is 47.1 Å². The summed E-state index contributed by atoms with van der Waals surface area (Å²) in [6.45, 7) is 3.50.